The van der Waals surface area contributed by atoms with E-state index in [0.717, 1.165) is 12.8 Å². The van der Waals surface area contributed by atoms with Crippen LogP contribution in [0.4, 0.5) is 0 Å². The second kappa shape index (κ2) is 4.25. The van der Waals surface area contributed by atoms with E-state index in [9.17, 15) is 9.90 Å². The Bertz CT molecular complexity index is 379. The number of nitrogens with zero attached hydrogens (tertiary/aromatic N) is 1. The van der Waals surface area contributed by atoms with Gasteiger partial charge in [0.25, 0.3) is 0 Å². The summed E-state index contributed by atoms with van der Waals surface area (Å²) in [6.45, 7) is 2.02. The van der Waals surface area contributed by atoms with E-state index in [0.29, 0.717) is 25.2 Å². The maximum atomic E-state index is 11.4. The quantitative estimate of drug-likeness (QED) is 0.791. The summed E-state index contributed by atoms with van der Waals surface area (Å²) in [5.74, 6) is -0.146. The van der Waals surface area contributed by atoms with Crippen LogP contribution in [0.25, 0.3) is 0 Å². The Labute approximate surface area is 93.4 Å². The normalized spacial score (nSPS) is 18.6. The summed E-state index contributed by atoms with van der Waals surface area (Å²) in [7, 11) is 0. The molecule has 5 heteroatoms. The summed E-state index contributed by atoms with van der Waals surface area (Å²) in [4.78, 5) is 11.4. The number of ether oxygens (including phenoxy) is 1. The lowest BCUT2D eigenvalue weighted by Crippen LogP contribution is -2.19. The van der Waals surface area contributed by atoms with Crippen molar-refractivity contribution in [2.24, 2.45) is 0 Å². The van der Waals surface area contributed by atoms with Crippen molar-refractivity contribution >= 4 is 5.97 Å². The number of aliphatic hydroxyl groups is 1. The Morgan fingerprint density at radius 1 is 1.62 bits per heavy atom. The molecule has 1 N–H and O–H groups in total. The molecule has 0 aliphatic heterocycles. The van der Waals surface area contributed by atoms with Gasteiger partial charge in [-0.1, -0.05) is 5.16 Å². The molecule has 0 amide bonds. The molecule has 1 saturated carbocycles. The first-order valence-electron chi connectivity index (χ1n) is 5.52. The van der Waals surface area contributed by atoms with E-state index in [2.05, 4.69) is 5.16 Å². The van der Waals surface area contributed by atoms with Crippen LogP contribution >= 0.6 is 0 Å². The molecule has 1 aliphatic rings. The lowest BCUT2D eigenvalue weighted by atomic mass is 9.99. The van der Waals surface area contributed by atoms with Crippen molar-refractivity contribution in [2.45, 2.75) is 38.2 Å². The molecular weight excluding hydrogens is 210 g/mol. The highest BCUT2D eigenvalue weighted by Gasteiger charge is 2.37. The molecule has 2 rings (SSSR count). The summed E-state index contributed by atoms with van der Waals surface area (Å²) < 4.78 is 9.81. The second-order valence-electron chi connectivity index (χ2n) is 4.04. The first kappa shape index (κ1) is 11.1. The van der Waals surface area contributed by atoms with Gasteiger partial charge in [-0.3, -0.25) is 0 Å². The molecule has 0 spiro atoms. The largest absolute Gasteiger partial charge is 0.461 e. The zero-order valence-corrected chi connectivity index (χ0v) is 9.23. The topological polar surface area (TPSA) is 72.6 Å². The monoisotopic (exact) mass is 225 g/mol. The molecular formula is C11H15NO4. The number of carbonyl (C=O) groups is 1. The van der Waals surface area contributed by atoms with Crippen LogP contribution in [0.15, 0.2) is 10.6 Å². The fraction of sp³-hybridized carbons (Fsp3) is 0.636. The summed E-state index contributed by atoms with van der Waals surface area (Å²) in [6.07, 6.45) is 3.24. The number of esters is 1. The van der Waals surface area contributed by atoms with Gasteiger partial charge in [0.2, 0.25) is 0 Å². The predicted octanol–water partition coefficient (Wildman–Crippen LogP) is 1.61. The molecule has 5 nitrogen and oxygen atoms in total. The average molecular weight is 225 g/mol. The van der Waals surface area contributed by atoms with Gasteiger partial charge >= 0.3 is 5.97 Å². The molecule has 0 bridgehead atoms. The van der Waals surface area contributed by atoms with Gasteiger partial charge in [0, 0.05) is 6.07 Å². The Balaban J connectivity index is 2.16. The van der Waals surface area contributed by atoms with Crippen LogP contribution in [0.5, 0.6) is 0 Å². The molecule has 1 heterocycles. The first-order chi connectivity index (χ1) is 7.65. The van der Waals surface area contributed by atoms with E-state index in [4.69, 9.17) is 9.26 Å². The van der Waals surface area contributed by atoms with Crippen LogP contribution in [-0.2, 0) is 10.3 Å². The molecule has 1 aromatic heterocycles. The van der Waals surface area contributed by atoms with Crippen molar-refractivity contribution in [3.8, 4) is 0 Å². The molecule has 16 heavy (non-hydrogen) atoms. The maximum Gasteiger partial charge on any atom is 0.360 e. The maximum absolute atomic E-state index is 11.4. The zero-order valence-electron chi connectivity index (χ0n) is 9.23. The summed E-state index contributed by atoms with van der Waals surface area (Å²) in [5, 5.41) is 13.8. The molecule has 0 aromatic carbocycles. The minimum absolute atomic E-state index is 0.122. The van der Waals surface area contributed by atoms with E-state index in [1.165, 1.54) is 6.07 Å². The predicted molar refractivity (Wildman–Crippen MR) is 54.8 cm³/mol. The number of carbonyl (C=O) groups excluding carboxylic acids is 1. The first-order valence-corrected chi connectivity index (χ1v) is 5.52. The third-order valence-electron chi connectivity index (χ3n) is 2.88. The fourth-order valence-corrected chi connectivity index (χ4v) is 2.00. The van der Waals surface area contributed by atoms with Gasteiger partial charge < -0.3 is 14.4 Å². The van der Waals surface area contributed by atoms with Crippen molar-refractivity contribution in [1.82, 2.24) is 5.16 Å². The van der Waals surface area contributed by atoms with Crippen LogP contribution in [-0.4, -0.2) is 22.8 Å². The van der Waals surface area contributed by atoms with Crippen LogP contribution in [0.3, 0.4) is 0 Å². The standard InChI is InChI=1S/C11H15NO4/c1-2-15-10(13)8-7-9(16-12-8)11(14)5-3-4-6-11/h7,14H,2-6H2,1H3. The molecule has 0 saturated heterocycles. The van der Waals surface area contributed by atoms with Gasteiger partial charge in [0.05, 0.1) is 6.61 Å². The van der Waals surface area contributed by atoms with E-state index in [-0.39, 0.29) is 5.69 Å². The van der Waals surface area contributed by atoms with Crippen molar-refractivity contribution in [3.05, 3.63) is 17.5 Å². The Morgan fingerprint density at radius 2 is 2.31 bits per heavy atom. The van der Waals surface area contributed by atoms with Crippen molar-refractivity contribution in [2.75, 3.05) is 6.61 Å². The Hall–Kier alpha value is -1.36. The number of aromatic nitrogens is 1. The Morgan fingerprint density at radius 3 is 2.94 bits per heavy atom. The average Bonchev–Trinajstić information content (AvgIpc) is 2.86. The van der Waals surface area contributed by atoms with Gasteiger partial charge in [-0.05, 0) is 32.6 Å². The molecule has 1 fully saturated rings. The third-order valence-corrected chi connectivity index (χ3v) is 2.88. The van der Waals surface area contributed by atoms with Crippen LogP contribution < -0.4 is 0 Å². The smallest absolute Gasteiger partial charge is 0.360 e. The van der Waals surface area contributed by atoms with Crippen molar-refractivity contribution in [1.29, 1.82) is 0 Å². The number of rotatable bonds is 3. The zero-order chi connectivity index (χ0) is 11.6. The number of hydrogen-bond acceptors (Lipinski definition) is 5. The van der Waals surface area contributed by atoms with E-state index >= 15 is 0 Å². The van der Waals surface area contributed by atoms with E-state index in [1.54, 1.807) is 6.92 Å². The minimum atomic E-state index is -0.947. The molecule has 1 aromatic rings. The summed E-state index contributed by atoms with van der Waals surface area (Å²) in [5.41, 5.74) is -0.824. The highest BCUT2D eigenvalue weighted by molar-refractivity contribution is 5.87. The highest BCUT2D eigenvalue weighted by atomic mass is 16.5. The lowest BCUT2D eigenvalue weighted by Gasteiger charge is -2.17. The van der Waals surface area contributed by atoms with Crippen LogP contribution in [0.2, 0.25) is 0 Å². The second-order valence-corrected chi connectivity index (χ2v) is 4.04. The molecule has 0 unspecified atom stereocenters. The molecule has 0 radical (unpaired) electrons. The minimum Gasteiger partial charge on any atom is -0.461 e. The van der Waals surface area contributed by atoms with Crippen LogP contribution in [0, 0.1) is 0 Å². The molecule has 0 atom stereocenters. The SMILES string of the molecule is CCOC(=O)c1cc(C2(O)CCCC2)on1. The van der Waals surface area contributed by atoms with Gasteiger partial charge in [0.15, 0.2) is 11.5 Å². The number of hydrogen-bond donors (Lipinski definition) is 1. The van der Waals surface area contributed by atoms with Gasteiger partial charge in [0.1, 0.15) is 5.60 Å². The summed E-state index contributed by atoms with van der Waals surface area (Å²) >= 11 is 0. The fourth-order valence-electron chi connectivity index (χ4n) is 2.00. The molecule has 88 valence electrons. The lowest BCUT2D eigenvalue weighted by molar-refractivity contribution is 0.0162. The van der Waals surface area contributed by atoms with E-state index < -0.39 is 11.6 Å². The van der Waals surface area contributed by atoms with Crippen molar-refractivity contribution < 1.29 is 19.2 Å². The third kappa shape index (κ3) is 1.95. The van der Waals surface area contributed by atoms with Gasteiger partial charge in [-0.25, -0.2) is 4.79 Å². The van der Waals surface area contributed by atoms with E-state index in [1.807, 2.05) is 0 Å². The van der Waals surface area contributed by atoms with Crippen LogP contribution in [0.1, 0.15) is 48.9 Å². The highest BCUT2D eigenvalue weighted by Crippen LogP contribution is 2.38. The van der Waals surface area contributed by atoms with Gasteiger partial charge in [-0.2, -0.15) is 0 Å². The van der Waals surface area contributed by atoms with Gasteiger partial charge in [-0.15, -0.1) is 0 Å². The summed E-state index contributed by atoms with van der Waals surface area (Å²) in [6, 6.07) is 1.48. The van der Waals surface area contributed by atoms with Crippen molar-refractivity contribution in [3.63, 3.8) is 0 Å². The Kier molecular flexibility index (Phi) is 2.96. The molecule has 1 aliphatic carbocycles.